The predicted octanol–water partition coefficient (Wildman–Crippen LogP) is 0.733. The van der Waals surface area contributed by atoms with E-state index in [4.69, 9.17) is 5.73 Å². The van der Waals surface area contributed by atoms with Crippen LogP contribution in [-0.4, -0.2) is 44.7 Å². The summed E-state index contributed by atoms with van der Waals surface area (Å²) in [6, 6.07) is 7.45. The quantitative estimate of drug-likeness (QED) is 0.835. The summed E-state index contributed by atoms with van der Waals surface area (Å²) in [6.07, 6.45) is 4.73. The molecule has 1 fully saturated rings. The summed E-state index contributed by atoms with van der Waals surface area (Å²) < 4.78 is 1.74. The molecule has 0 aliphatic carbocycles. The molecule has 1 saturated heterocycles. The highest BCUT2D eigenvalue weighted by Crippen LogP contribution is 2.17. The summed E-state index contributed by atoms with van der Waals surface area (Å²) in [5.41, 5.74) is 7.44. The zero-order valence-electron chi connectivity index (χ0n) is 14.0. The van der Waals surface area contributed by atoms with E-state index in [1.54, 1.807) is 11.0 Å². The highest BCUT2D eigenvalue weighted by Gasteiger charge is 2.27. The van der Waals surface area contributed by atoms with E-state index < -0.39 is 6.03 Å². The number of primary amides is 1. The van der Waals surface area contributed by atoms with Crippen LogP contribution in [0.25, 0.3) is 0 Å². The van der Waals surface area contributed by atoms with Crippen LogP contribution in [0, 0.1) is 5.92 Å². The smallest absolute Gasteiger partial charge is 0.314 e. The highest BCUT2D eigenvalue weighted by molar-refractivity contribution is 5.80. The summed E-state index contributed by atoms with van der Waals surface area (Å²) in [4.78, 5) is 29.2. The maximum absolute atomic E-state index is 12.5. The van der Waals surface area contributed by atoms with Gasteiger partial charge in [-0.15, -0.1) is 0 Å². The fourth-order valence-corrected chi connectivity index (χ4v) is 3.09. The minimum Gasteiger partial charge on any atom is -0.352 e. The van der Waals surface area contributed by atoms with Crippen molar-refractivity contribution in [3.05, 3.63) is 48.0 Å². The molecule has 1 unspecified atom stereocenters. The molecule has 3 N–H and O–H groups in total. The number of hydrogen-bond acceptors (Lipinski definition) is 4. The Morgan fingerprint density at radius 2 is 2.08 bits per heavy atom. The number of benzene rings is 1. The lowest BCUT2D eigenvalue weighted by molar-refractivity contribution is -0.126. The van der Waals surface area contributed by atoms with E-state index in [9.17, 15) is 9.59 Å². The van der Waals surface area contributed by atoms with Crippen molar-refractivity contribution < 1.29 is 9.59 Å². The van der Waals surface area contributed by atoms with Gasteiger partial charge in [0.25, 0.3) is 0 Å². The molecule has 0 radical (unpaired) electrons. The predicted molar refractivity (Wildman–Crippen MR) is 91.3 cm³/mol. The Kier molecular flexibility index (Phi) is 5.27. The third-order valence-electron chi connectivity index (χ3n) is 4.47. The van der Waals surface area contributed by atoms with Crippen LogP contribution in [0.15, 0.2) is 36.9 Å². The highest BCUT2D eigenvalue weighted by atomic mass is 16.2. The number of piperidine rings is 1. The molecule has 3 amide bonds. The fourth-order valence-electron chi connectivity index (χ4n) is 3.09. The van der Waals surface area contributed by atoms with Crippen molar-refractivity contribution in [1.29, 1.82) is 0 Å². The van der Waals surface area contributed by atoms with Gasteiger partial charge in [-0.3, -0.25) is 4.79 Å². The number of carbonyl (C=O) groups excluding carboxylic acids is 2. The van der Waals surface area contributed by atoms with Crippen LogP contribution in [0.2, 0.25) is 0 Å². The van der Waals surface area contributed by atoms with Crippen molar-refractivity contribution in [2.75, 3.05) is 13.1 Å². The van der Waals surface area contributed by atoms with Gasteiger partial charge in [-0.1, -0.05) is 24.3 Å². The number of amides is 3. The Hall–Kier alpha value is -2.90. The van der Waals surface area contributed by atoms with Crippen LogP contribution >= 0.6 is 0 Å². The molecule has 0 saturated carbocycles. The Morgan fingerprint density at radius 3 is 2.80 bits per heavy atom. The van der Waals surface area contributed by atoms with E-state index in [1.165, 1.54) is 11.2 Å². The van der Waals surface area contributed by atoms with Crippen molar-refractivity contribution in [1.82, 2.24) is 25.0 Å². The standard InChI is InChI=1S/C17H22N6O2/c18-17(25)22-7-3-6-15(9-22)16(24)20-8-13-4-1-2-5-14(13)10-23-12-19-11-21-23/h1-2,4-5,11-12,15H,3,6-10H2,(H2,18,25)(H,20,24). The number of hydrogen-bond donors (Lipinski definition) is 2. The summed E-state index contributed by atoms with van der Waals surface area (Å²) in [5, 5.41) is 7.10. The van der Waals surface area contributed by atoms with Crippen molar-refractivity contribution in [2.24, 2.45) is 11.7 Å². The molecule has 1 aromatic heterocycles. The average Bonchev–Trinajstić information content (AvgIpc) is 3.14. The minimum atomic E-state index is -0.462. The van der Waals surface area contributed by atoms with Gasteiger partial charge >= 0.3 is 6.03 Å². The molecule has 0 bridgehead atoms. The van der Waals surface area contributed by atoms with Gasteiger partial charge in [0.1, 0.15) is 12.7 Å². The lowest BCUT2D eigenvalue weighted by atomic mass is 9.97. The largest absolute Gasteiger partial charge is 0.352 e. The SMILES string of the molecule is NC(=O)N1CCCC(C(=O)NCc2ccccc2Cn2cncn2)C1. The lowest BCUT2D eigenvalue weighted by Gasteiger charge is -2.30. The zero-order valence-corrected chi connectivity index (χ0v) is 14.0. The number of aromatic nitrogens is 3. The summed E-state index contributed by atoms with van der Waals surface area (Å²) in [5.74, 6) is -0.245. The Morgan fingerprint density at radius 1 is 1.28 bits per heavy atom. The second-order valence-electron chi connectivity index (χ2n) is 6.20. The van der Waals surface area contributed by atoms with Gasteiger partial charge in [-0.2, -0.15) is 5.10 Å². The topological polar surface area (TPSA) is 106 Å². The van der Waals surface area contributed by atoms with E-state index in [1.807, 2.05) is 24.3 Å². The van der Waals surface area contributed by atoms with Gasteiger partial charge in [-0.05, 0) is 24.0 Å². The lowest BCUT2D eigenvalue weighted by Crippen LogP contribution is -2.47. The molecule has 3 rings (SSSR count). The number of nitrogens with zero attached hydrogens (tertiary/aromatic N) is 4. The monoisotopic (exact) mass is 342 g/mol. The van der Waals surface area contributed by atoms with Gasteiger partial charge in [-0.25, -0.2) is 14.5 Å². The number of likely N-dealkylation sites (tertiary alicyclic amines) is 1. The first kappa shape index (κ1) is 16.9. The summed E-state index contributed by atoms with van der Waals surface area (Å²) in [6.45, 7) is 2.06. The molecule has 8 nitrogen and oxygen atoms in total. The molecule has 0 spiro atoms. The van der Waals surface area contributed by atoms with E-state index >= 15 is 0 Å². The Balaban J connectivity index is 1.59. The van der Waals surface area contributed by atoms with Crippen molar-refractivity contribution >= 4 is 11.9 Å². The van der Waals surface area contributed by atoms with Crippen LogP contribution in [0.5, 0.6) is 0 Å². The molecule has 132 valence electrons. The van der Waals surface area contributed by atoms with E-state index in [0.717, 1.165) is 24.0 Å². The first-order valence-electron chi connectivity index (χ1n) is 8.35. The number of rotatable bonds is 5. The second-order valence-corrected chi connectivity index (χ2v) is 6.20. The second kappa shape index (κ2) is 7.78. The van der Waals surface area contributed by atoms with Gasteiger partial charge in [0.05, 0.1) is 12.5 Å². The van der Waals surface area contributed by atoms with Crippen molar-refractivity contribution in [3.8, 4) is 0 Å². The van der Waals surface area contributed by atoms with Crippen LogP contribution in [0.1, 0.15) is 24.0 Å². The number of nitrogens with one attached hydrogen (secondary N) is 1. The average molecular weight is 342 g/mol. The molecular formula is C17H22N6O2. The molecule has 1 atom stereocenters. The fraction of sp³-hybridized carbons (Fsp3) is 0.412. The molecule has 1 aliphatic heterocycles. The molecule has 2 heterocycles. The van der Waals surface area contributed by atoms with Crippen molar-refractivity contribution in [3.63, 3.8) is 0 Å². The van der Waals surface area contributed by atoms with Gasteiger partial charge in [0.2, 0.25) is 5.91 Å². The number of carbonyl (C=O) groups is 2. The van der Waals surface area contributed by atoms with Gasteiger partial charge in [0, 0.05) is 19.6 Å². The molecule has 1 aliphatic rings. The molecule has 1 aromatic carbocycles. The summed E-state index contributed by atoms with van der Waals surface area (Å²) >= 11 is 0. The van der Waals surface area contributed by atoms with Crippen LogP contribution in [0.4, 0.5) is 4.79 Å². The number of nitrogens with two attached hydrogens (primary N) is 1. The van der Waals surface area contributed by atoms with Crippen LogP contribution < -0.4 is 11.1 Å². The van der Waals surface area contributed by atoms with Crippen LogP contribution in [0.3, 0.4) is 0 Å². The van der Waals surface area contributed by atoms with E-state index in [0.29, 0.717) is 26.2 Å². The Labute approximate surface area is 146 Å². The third kappa shape index (κ3) is 4.34. The van der Waals surface area contributed by atoms with Gasteiger partial charge in [0.15, 0.2) is 0 Å². The maximum Gasteiger partial charge on any atom is 0.314 e. The minimum absolute atomic E-state index is 0.0403. The normalized spacial score (nSPS) is 17.3. The van der Waals surface area contributed by atoms with E-state index in [2.05, 4.69) is 15.4 Å². The van der Waals surface area contributed by atoms with Crippen LogP contribution in [-0.2, 0) is 17.9 Å². The Bertz CT molecular complexity index is 730. The number of urea groups is 1. The first-order chi connectivity index (χ1) is 12.1. The maximum atomic E-state index is 12.5. The van der Waals surface area contributed by atoms with E-state index in [-0.39, 0.29) is 11.8 Å². The third-order valence-corrected chi connectivity index (χ3v) is 4.47. The molecule has 2 aromatic rings. The molecule has 25 heavy (non-hydrogen) atoms. The summed E-state index contributed by atoms with van der Waals surface area (Å²) in [7, 11) is 0. The molecular weight excluding hydrogens is 320 g/mol. The molecule has 8 heteroatoms. The zero-order chi connectivity index (χ0) is 17.6. The van der Waals surface area contributed by atoms with Gasteiger partial charge < -0.3 is 16.0 Å². The first-order valence-corrected chi connectivity index (χ1v) is 8.35. The van der Waals surface area contributed by atoms with Crippen molar-refractivity contribution in [2.45, 2.75) is 25.9 Å².